The number of rotatable bonds is 2. The number of benzene rings is 1. The standard InChI is InChI=1S/C15H14N2/c1-15(9-13-6-2-3-7-14(13)15)17-11-12-5-4-8-16-10-12/h2-8,10-11H,9H2,1H3. The third-order valence-electron chi connectivity index (χ3n) is 3.32. The molecule has 0 saturated carbocycles. The number of pyridine rings is 1. The van der Waals surface area contributed by atoms with Gasteiger partial charge in [0, 0.05) is 30.6 Å². The molecule has 0 fully saturated rings. The van der Waals surface area contributed by atoms with Crippen molar-refractivity contribution in [2.75, 3.05) is 0 Å². The predicted octanol–water partition coefficient (Wildman–Crippen LogP) is 2.97. The first-order chi connectivity index (χ1) is 8.28. The third kappa shape index (κ3) is 1.76. The van der Waals surface area contributed by atoms with E-state index in [-0.39, 0.29) is 5.54 Å². The minimum Gasteiger partial charge on any atom is -0.281 e. The van der Waals surface area contributed by atoms with Crippen molar-refractivity contribution in [3.05, 3.63) is 65.5 Å². The molecule has 1 aliphatic rings. The fourth-order valence-electron chi connectivity index (χ4n) is 2.34. The third-order valence-corrected chi connectivity index (χ3v) is 3.32. The Bertz CT molecular complexity index is 560. The van der Waals surface area contributed by atoms with Crippen molar-refractivity contribution >= 4 is 6.21 Å². The summed E-state index contributed by atoms with van der Waals surface area (Å²) in [6.07, 6.45) is 6.55. The van der Waals surface area contributed by atoms with E-state index in [2.05, 4.69) is 36.2 Å². The lowest BCUT2D eigenvalue weighted by atomic mass is 9.72. The van der Waals surface area contributed by atoms with E-state index >= 15 is 0 Å². The Kier molecular flexibility index (Phi) is 2.29. The molecule has 1 unspecified atom stereocenters. The second kappa shape index (κ2) is 3.81. The molecule has 1 atom stereocenters. The molecular formula is C15H14N2. The average molecular weight is 222 g/mol. The van der Waals surface area contributed by atoms with Gasteiger partial charge in [0.15, 0.2) is 0 Å². The van der Waals surface area contributed by atoms with Gasteiger partial charge in [-0.25, -0.2) is 0 Å². The molecule has 17 heavy (non-hydrogen) atoms. The number of hydrogen-bond acceptors (Lipinski definition) is 2. The molecule has 0 saturated heterocycles. The zero-order chi connectivity index (χ0) is 11.7. The van der Waals surface area contributed by atoms with E-state index < -0.39 is 0 Å². The van der Waals surface area contributed by atoms with Crippen molar-refractivity contribution < 1.29 is 0 Å². The van der Waals surface area contributed by atoms with Crippen molar-refractivity contribution in [2.45, 2.75) is 18.9 Å². The second-order valence-electron chi connectivity index (χ2n) is 4.65. The molecule has 1 aromatic heterocycles. The Hall–Kier alpha value is -1.96. The lowest BCUT2D eigenvalue weighted by molar-refractivity contribution is 0.434. The van der Waals surface area contributed by atoms with E-state index in [1.165, 1.54) is 11.1 Å². The zero-order valence-electron chi connectivity index (χ0n) is 9.80. The molecule has 1 aliphatic carbocycles. The van der Waals surface area contributed by atoms with Crippen LogP contribution in [0.15, 0.2) is 53.8 Å². The van der Waals surface area contributed by atoms with Gasteiger partial charge in [-0.05, 0) is 24.1 Å². The van der Waals surface area contributed by atoms with E-state index in [1.807, 2.05) is 24.5 Å². The highest BCUT2D eigenvalue weighted by molar-refractivity contribution is 5.79. The van der Waals surface area contributed by atoms with E-state index in [0.29, 0.717) is 0 Å². The summed E-state index contributed by atoms with van der Waals surface area (Å²) < 4.78 is 0. The lowest BCUT2D eigenvalue weighted by Crippen LogP contribution is -2.33. The van der Waals surface area contributed by atoms with Crippen LogP contribution in [-0.4, -0.2) is 11.2 Å². The molecule has 3 rings (SSSR count). The van der Waals surface area contributed by atoms with Crippen LogP contribution in [0.2, 0.25) is 0 Å². The molecule has 0 radical (unpaired) electrons. The fourth-order valence-corrected chi connectivity index (χ4v) is 2.34. The van der Waals surface area contributed by atoms with E-state index in [9.17, 15) is 0 Å². The van der Waals surface area contributed by atoms with Crippen LogP contribution in [0.25, 0.3) is 0 Å². The molecule has 0 N–H and O–H groups in total. The summed E-state index contributed by atoms with van der Waals surface area (Å²) in [6, 6.07) is 12.5. The Morgan fingerprint density at radius 3 is 2.88 bits per heavy atom. The van der Waals surface area contributed by atoms with Crippen molar-refractivity contribution in [3.63, 3.8) is 0 Å². The predicted molar refractivity (Wildman–Crippen MR) is 69.3 cm³/mol. The van der Waals surface area contributed by atoms with Crippen LogP contribution < -0.4 is 0 Å². The molecule has 0 amide bonds. The van der Waals surface area contributed by atoms with Crippen molar-refractivity contribution in [1.29, 1.82) is 0 Å². The summed E-state index contributed by atoms with van der Waals surface area (Å²) in [7, 11) is 0. The minimum absolute atomic E-state index is 0.0492. The normalized spacial score (nSPS) is 22.2. The summed E-state index contributed by atoms with van der Waals surface area (Å²) >= 11 is 0. The van der Waals surface area contributed by atoms with Gasteiger partial charge in [0.25, 0.3) is 0 Å². The molecule has 1 aromatic carbocycles. The number of aromatic nitrogens is 1. The number of fused-ring (bicyclic) bond motifs is 1. The van der Waals surface area contributed by atoms with Gasteiger partial charge in [-0.2, -0.15) is 0 Å². The summed E-state index contributed by atoms with van der Waals surface area (Å²) in [5, 5.41) is 0. The smallest absolute Gasteiger partial charge is 0.0871 e. The van der Waals surface area contributed by atoms with Crippen molar-refractivity contribution in [2.24, 2.45) is 4.99 Å². The highest BCUT2D eigenvalue weighted by Crippen LogP contribution is 2.41. The van der Waals surface area contributed by atoms with Crippen LogP contribution in [0.5, 0.6) is 0 Å². The Morgan fingerprint density at radius 1 is 1.24 bits per heavy atom. The topological polar surface area (TPSA) is 25.2 Å². The van der Waals surface area contributed by atoms with Gasteiger partial charge in [0.05, 0.1) is 5.54 Å². The first kappa shape index (κ1) is 10.2. The van der Waals surface area contributed by atoms with E-state index in [4.69, 9.17) is 4.99 Å². The summed E-state index contributed by atoms with van der Waals surface area (Å²) in [4.78, 5) is 8.79. The summed E-state index contributed by atoms with van der Waals surface area (Å²) in [5.41, 5.74) is 3.77. The fraction of sp³-hybridized carbons (Fsp3) is 0.200. The number of aliphatic imine (C=N–C) groups is 1. The zero-order valence-corrected chi connectivity index (χ0v) is 9.80. The van der Waals surface area contributed by atoms with Crippen LogP contribution in [-0.2, 0) is 12.0 Å². The largest absolute Gasteiger partial charge is 0.281 e. The van der Waals surface area contributed by atoms with Gasteiger partial charge in [-0.1, -0.05) is 30.3 Å². The highest BCUT2D eigenvalue weighted by atomic mass is 14.9. The van der Waals surface area contributed by atoms with Gasteiger partial charge < -0.3 is 0 Å². The Morgan fingerprint density at radius 2 is 2.12 bits per heavy atom. The van der Waals surface area contributed by atoms with Crippen molar-refractivity contribution in [1.82, 2.24) is 4.98 Å². The molecule has 1 heterocycles. The second-order valence-corrected chi connectivity index (χ2v) is 4.65. The first-order valence-electron chi connectivity index (χ1n) is 5.82. The van der Waals surface area contributed by atoms with Crippen LogP contribution >= 0.6 is 0 Å². The number of hydrogen-bond donors (Lipinski definition) is 0. The average Bonchev–Trinajstić information content (AvgIpc) is 2.37. The Balaban J connectivity index is 1.87. The summed E-state index contributed by atoms with van der Waals surface area (Å²) in [5.74, 6) is 0. The summed E-state index contributed by atoms with van der Waals surface area (Å²) in [6.45, 7) is 2.18. The van der Waals surface area contributed by atoms with Crippen molar-refractivity contribution in [3.8, 4) is 0 Å². The van der Waals surface area contributed by atoms with E-state index in [0.717, 1.165) is 12.0 Å². The molecule has 84 valence electrons. The molecule has 2 aromatic rings. The molecule has 0 spiro atoms. The first-order valence-corrected chi connectivity index (χ1v) is 5.82. The van der Waals surface area contributed by atoms with Gasteiger partial charge in [-0.3, -0.25) is 9.98 Å². The van der Waals surface area contributed by atoms with Crippen LogP contribution in [0.4, 0.5) is 0 Å². The Labute approximate surface area is 101 Å². The van der Waals surface area contributed by atoms with Gasteiger partial charge >= 0.3 is 0 Å². The monoisotopic (exact) mass is 222 g/mol. The quantitative estimate of drug-likeness (QED) is 0.717. The minimum atomic E-state index is -0.0492. The molecular weight excluding hydrogens is 208 g/mol. The molecule has 2 nitrogen and oxygen atoms in total. The maximum atomic E-state index is 4.71. The number of nitrogens with zero attached hydrogens (tertiary/aromatic N) is 2. The molecule has 2 heteroatoms. The molecule has 0 aliphatic heterocycles. The van der Waals surface area contributed by atoms with Gasteiger partial charge in [0.2, 0.25) is 0 Å². The van der Waals surface area contributed by atoms with E-state index in [1.54, 1.807) is 6.20 Å². The van der Waals surface area contributed by atoms with Crippen LogP contribution in [0.1, 0.15) is 23.6 Å². The highest BCUT2D eigenvalue weighted by Gasteiger charge is 2.36. The molecule has 0 bridgehead atoms. The SMILES string of the molecule is CC1(N=Cc2cccnc2)Cc2ccccc21. The van der Waals surface area contributed by atoms with Crippen LogP contribution in [0, 0.1) is 0 Å². The van der Waals surface area contributed by atoms with Gasteiger partial charge in [0.1, 0.15) is 0 Å². The lowest BCUT2D eigenvalue weighted by Gasteiger charge is -2.37. The van der Waals surface area contributed by atoms with Gasteiger partial charge in [-0.15, -0.1) is 0 Å². The maximum Gasteiger partial charge on any atom is 0.0871 e. The van der Waals surface area contributed by atoms with Crippen LogP contribution in [0.3, 0.4) is 0 Å². The maximum absolute atomic E-state index is 4.71.